The Balaban J connectivity index is 1.99. The molecule has 2 rings (SSSR count). The molecule has 0 heterocycles. The van der Waals surface area contributed by atoms with Gasteiger partial charge in [0.25, 0.3) is 0 Å². The van der Waals surface area contributed by atoms with Crippen LogP contribution in [0.3, 0.4) is 0 Å². The molecule has 0 radical (unpaired) electrons. The van der Waals surface area contributed by atoms with Gasteiger partial charge in [-0.05, 0) is 30.7 Å². The number of esters is 1. The Morgan fingerprint density at radius 2 is 1.70 bits per heavy atom. The molecule has 0 unspecified atom stereocenters. The minimum atomic E-state index is -0.478. The quantitative estimate of drug-likeness (QED) is 0.631. The standard InChI is InChI=1S/C16H13BrO3/c1-11-4-2-3-5-14(11)16(19)20-10-15(18)12-6-8-13(17)9-7-12/h2-9H,10H2,1H3. The second-order valence-electron chi connectivity index (χ2n) is 4.32. The van der Waals surface area contributed by atoms with Gasteiger partial charge in [0.2, 0.25) is 0 Å². The molecule has 0 N–H and O–H groups in total. The highest BCUT2D eigenvalue weighted by atomic mass is 79.9. The SMILES string of the molecule is Cc1ccccc1C(=O)OCC(=O)c1ccc(Br)cc1. The number of aryl methyl sites for hydroxylation is 1. The zero-order chi connectivity index (χ0) is 14.5. The summed E-state index contributed by atoms with van der Waals surface area (Å²) in [6, 6.07) is 14.0. The van der Waals surface area contributed by atoms with E-state index in [2.05, 4.69) is 15.9 Å². The minimum absolute atomic E-state index is 0.223. The largest absolute Gasteiger partial charge is 0.454 e. The molecular formula is C16H13BrO3. The molecule has 0 aliphatic carbocycles. The molecule has 2 aromatic rings. The number of hydrogen-bond acceptors (Lipinski definition) is 3. The van der Waals surface area contributed by atoms with Crippen molar-refractivity contribution >= 4 is 27.7 Å². The van der Waals surface area contributed by atoms with Gasteiger partial charge in [0.1, 0.15) is 0 Å². The first-order chi connectivity index (χ1) is 9.58. The Hall–Kier alpha value is -1.94. The van der Waals surface area contributed by atoms with Gasteiger partial charge in [0.15, 0.2) is 12.4 Å². The molecule has 0 aliphatic rings. The zero-order valence-corrected chi connectivity index (χ0v) is 12.5. The fourth-order valence-electron chi connectivity index (χ4n) is 1.73. The molecule has 0 bridgehead atoms. The van der Waals surface area contributed by atoms with Gasteiger partial charge >= 0.3 is 5.97 Å². The fraction of sp³-hybridized carbons (Fsp3) is 0.125. The van der Waals surface area contributed by atoms with Crippen LogP contribution in [-0.4, -0.2) is 18.4 Å². The summed E-state index contributed by atoms with van der Waals surface area (Å²) < 4.78 is 5.95. The predicted molar refractivity (Wildman–Crippen MR) is 79.9 cm³/mol. The Bertz CT molecular complexity index is 632. The van der Waals surface area contributed by atoms with E-state index in [9.17, 15) is 9.59 Å². The third-order valence-corrected chi connectivity index (χ3v) is 3.39. The van der Waals surface area contributed by atoms with E-state index in [1.807, 2.05) is 19.1 Å². The molecule has 0 atom stereocenters. The van der Waals surface area contributed by atoms with Gasteiger partial charge in [-0.3, -0.25) is 4.79 Å². The van der Waals surface area contributed by atoms with Crippen LogP contribution in [-0.2, 0) is 4.74 Å². The van der Waals surface area contributed by atoms with Crippen molar-refractivity contribution in [2.75, 3.05) is 6.61 Å². The van der Waals surface area contributed by atoms with Crippen molar-refractivity contribution in [2.45, 2.75) is 6.92 Å². The summed E-state index contributed by atoms with van der Waals surface area (Å²) in [5.74, 6) is -0.701. The molecule has 0 aromatic heterocycles. The van der Waals surface area contributed by atoms with Crippen LogP contribution in [0.1, 0.15) is 26.3 Å². The van der Waals surface area contributed by atoms with Gasteiger partial charge in [-0.1, -0.05) is 46.3 Å². The number of ketones is 1. The van der Waals surface area contributed by atoms with E-state index in [0.29, 0.717) is 11.1 Å². The average Bonchev–Trinajstić information content (AvgIpc) is 2.45. The molecule has 0 aliphatic heterocycles. The number of halogens is 1. The summed E-state index contributed by atoms with van der Waals surface area (Å²) in [6.45, 7) is 1.57. The molecule has 2 aromatic carbocycles. The maximum absolute atomic E-state index is 11.9. The monoisotopic (exact) mass is 332 g/mol. The lowest BCUT2D eigenvalue weighted by atomic mass is 10.1. The maximum atomic E-state index is 11.9. The van der Waals surface area contributed by atoms with Gasteiger partial charge in [-0.2, -0.15) is 0 Å². The van der Waals surface area contributed by atoms with Crippen LogP contribution in [0.15, 0.2) is 53.0 Å². The second kappa shape index (κ2) is 6.48. The Kier molecular flexibility index (Phi) is 4.69. The van der Waals surface area contributed by atoms with Crippen molar-refractivity contribution in [1.29, 1.82) is 0 Å². The van der Waals surface area contributed by atoms with Crippen molar-refractivity contribution in [3.8, 4) is 0 Å². The second-order valence-corrected chi connectivity index (χ2v) is 5.24. The highest BCUT2D eigenvalue weighted by Crippen LogP contribution is 2.12. The molecule has 102 valence electrons. The van der Waals surface area contributed by atoms with E-state index in [0.717, 1.165) is 10.0 Å². The van der Waals surface area contributed by atoms with E-state index >= 15 is 0 Å². The van der Waals surface area contributed by atoms with E-state index in [4.69, 9.17) is 4.74 Å². The van der Waals surface area contributed by atoms with Crippen LogP contribution >= 0.6 is 15.9 Å². The van der Waals surface area contributed by atoms with Crippen LogP contribution in [0.4, 0.5) is 0 Å². The topological polar surface area (TPSA) is 43.4 Å². The maximum Gasteiger partial charge on any atom is 0.338 e. The molecule has 4 heteroatoms. The van der Waals surface area contributed by atoms with Crippen LogP contribution in [0.5, 0.6) is 0 Å². The first-order valence-electron chi connectivity index (χ1n) is 6.09. The predicted octanol–water partition coefficient (Wildman–Crippen LogP) is 3.80. The van der Waals surface area contributed by atoms with Crippen LogP contribution in [0, 0.1) is 6.92 Å². The lowest BCUT2D eigenvalue weighted by molar-refractivity contribution is 0.0474. The average molecular weight is 333 g/mol. The number of carbonyl (C=O) groups excluding carboxylic acids is 2. The molecule has 3 nitrogen and oxygen atoms in total. The van der Waals surface area contributed by atoms with Gasteiger partial charge in [-0.25, -0.2) is 4.79 Å². The van der Waals surface area contributed by atoms with Crippen molar-refractivity contribution < 1.29 is 14.3 Å². The summed E-state index contributed by atoms with van der Waals surface area (Å²) >= 11 is 3.30. The molecule has 0 spiro atoms. The normalized spacial score (nSPS) is 10.1. The first-order valence-corrected chi connectivity index (χ1v) is 6.89. The van der Waals surface area contributed by atoms with E-state index < -0.39 is 5.97 Å². The third kappa shape index (κ3) is 3.54. The Morgan fingerprint density at radius 1 is 1.05 bits per heavy atom. The Morgan fingerprint density at radius 3 is 2.35 bits per heavy atom. The zero-order valence-electron chi connectivity index (χ0n) is 10.9. The lowest BCUT2D eigenvalue weighted by Gasteiger charge is -2.06. The number of ether oxygens (including phenoxy) is 1. The van der Waals surface area contributed by atoms with Crippen molar-refractivity contribution in [3.05, 3.63) is 69.7 Å². The number of hydrogen-bond donors (Lipinski definition) is 0. The van der Waals surface area contributed by atoms with Crippen molar-refractivity contribution in [1.82, 2.24) is 0 Å². The van der Waals surface area contributed by atoms with Gasteiger partial charge in [0, 0.05) is 10.0 Å². The van der Waals surface area contributed by atoms with E-state index in [-0.39, 0.29) is 12.4 Å². The minimum Gasteiger partial charge on any atom is -0.454 e. The highest BCUT2D eigenvalue weighted by molar-refractivity contribution is 9.10. The van der Waals surface area contributed by atoms with Gasteiger partial charge in [0.05, 0.1) is 5.56 Å². The van der Waals surface area contributed by atoms with Gasteiger partial charge < -0.3 is 4.74 Å². The molecule has 0 fully saturated rings. The fourth-order valence-corrected chi connectivity index (χ4v) is 1.99. The van der Waals surface area contributed by atoms with Gasteiger partial charge in [-0.15, -0.1) is 0 Å². The van der Waals surface area contributed by atoms with Crippen LogP contribution < -0.4 is 0 Å². The number of Topliss-reactive ketones (excluding diaryl/α,β-unsaturated/α-hetero) is 1. The Labute approximate surface area is 125 Å². The summed E-state index contributed by atoms with van der Waals surface area (Å²) in [5.41, 5.74) is 1.83. The number of carbonyl (C=O) groups is 2. The highest BCUT2D eigenvalue weighted by Gasteiger charge is 2.13. The molecule has 0 amide bonds. The van der Waals surface area contributed by atoms with Crippen LogP contribution in [0.25, 0.3) is 0 Å². The summed E-state index contributed by atoms with van der Waals surface area (Å²) in [5, 5.41) is 0. The van der Waals surface area contributed by atoms with Crippen molar-refractivity contribution in [2.24, 2.45) is 0 Å². The smallest absolute Gasteiger partial charge is 0.338 e. The molecular weight excluding hydrogens is 320 g/mol. The number of benzene rings is 2. The third-order valence-electron chi connectivity index (χ3n) is 2.87. The van der Waals surface area contributed by atoms with E-state index in [1.54, 1.807) is 36.4 Å². The van der Waals surface area contributed by atoms with Crippen LogP contribution in [0.2, 0.25) is 0 Å². The molecule has 0 saturated carbocycles. The first kappa shape index (κ1) is 14.5. The lowest BCUT2D eigenvalue weighted by Crippen LogP contribution is -2.15. The van der Waals surface area contributed by atoms with E-state index in [1.165, 1.54) is 0 Å². The number of rotatable bonds is 4. The summed E-state index contributed by atoms with van der Waals surface area (Å²) in [7, 11) is 0. The molecule has 0 saturated heterocycles. The summed E-state index contributed by atoms with van der Waals surface area (Å²) in [6.07, 6.45) is 0. The summed E-state index contributed by atoms with van der Waals surface area (Å²) in [4.78, 5) is 23.8. The van der Waals surface area contributed by atoms with Crippen molar-refractivity contribution in [3.63, 3.8) is 0 Å². The molecule has 20 heavy (non-hydrogen) atoms.